The molecule has 1 unspecified atom stereocenters. The first-order valence-corrected chi connectivity index (χ1v) is 14.3. The van der Waals surface area contributed by atoms with Crippen molar-refractivity contribution in [2.75, 3.05) is 0 Å². The van der Waals surface area contributed by atoms with Crippen LogP contribution in [0.1, 0.15) is 98.7 Å². The lowest BCUT2D eigenvalue weighted by atomic mass is 9.81. The van der Waals surface area contributed by atoms with Gasteiger partial charge in [-0.05, 0) is 69.1 Å². The molecule has 3 heterocycles. The third-order valence-electron chi connectivity index (χ3n) is 8.12. The van der Waals surface area contributed by atoms with E-state index in [0.717, 1.165) is 12.8 Å². The number of nitrogens with one attached hydrogen (secondary N) is 2. The second kappa shape index (κ2) is 11.8. The molecule has 2 aliphatic carbocycles. The molecule has 15 heteroatoms. The molecule has 3 atom stereocenters. The molecule has 0 saturated heterocycles. The highest BCUT2D eigenvalue weighted by Crippen LogP contribution is 2.43. The highest BCUT2D eigenvalue weighted by molar-refractivity contribution is 5.92. The molecular formula is C28H34F5N7O3. The van der Waals surface area contributed by atoms with Crippen LogP contribution in [0, 0.1) is 11.8 Å². The Balaban J connectivity index is 1.41. The van der Waals surface area contributed by atoms with E-state index in [1.165, 1.54) is 16.9 Å². The summed E-state index contributed by atoms with van der Waals surface area (Å²) in [7, 11) is 0. The molecule has 0 spiro atoms. The van der Waals surface area contributed by atoms with Crippen molar-refractivity contribution < 1.29 is 36.6 Å². The van der Waals surface area contributed by atoms with Crippen molar-refractivity contribution in [2.45, 2.75) is 95.1 Å². The molecule has 2 fully saturated rings. The summed E-state index contributed by atoms with van der Waals surface area (Å²) >= 11 is 0. The SMILES string of the molecule is CC(C)n1nccc1C(=O)N[C@H](c1cn2ncc(C(NC(=O)C[C@@H](O)C(F)(F)F)C3CC3)cc2n1)C1CCC(F)(F)CC1. The van der Waals surface area contributed by atoms with Gasteiger partial charge in [-0.25, -0.2) is 18.3 Å². The third-order valence-corrected chi connectivity index (χ3v) is 8.12. The van der Waals surface area contributed by atoms with Gasteiger partial charge in [0.15, 0.2) is 11.8 Å². The van der Waals surface area contributed by atoms with Gasteiger partial charge in [-0.15, -0.1) is 0 Å². The van der Waals surface area contributed by atoms with Crippen LogP contribution >= 0.6 is 0 Å². The zero-order valence-electron chi connectivity index (χ0n) is 23.7. The van der Waals surface area contributed by atoms with E-state index in [2.05, 4.69) is 25.8 Å². The molecule has 5 rings (SSSR count). The minimum absolute atomic E-state index is 0.00702. The van der Waals surface area contributed by atoms with Crippen LogP contribution in [0.3, 0.4) is 0 Å². The average Bonchev–Trinajstić information content (AvgIpc) is 3.47. The van der Waals surface area contributed by atoms with E-state index in [1.54, 1.807) is 23.0 Å². The number of imidazole rings is 1. The molecule has 2 saturated carbocycles. The fourth-order valence-corrected chi connectivity index (χ4v) is 5.61. The number of nitrogens with zero attached hydrogens (tertiary/aromatic N) is 5. The second-order valence-corrected chi connectivity index (χ2v) is 11.8. The van der Waals surface area contributed by atoms with E-state index in [4.69, 9.17) is 0 Å². The predicted octanol–water partition coefficient (Wildman–Crippen LogP) is 4.68. The Morgan fingerprint density at radius 1 is 1.07 bits per heavy atom. The molecule has 0 aliphatic heterocycles. The number of aliphatic hydroxyl groups is 1. The first kappa shape index (κ1) is 30.8. The lowest BCUT2D eigenvalue weighted by molar-refractivity contribution is -0.206. The second-order valence-electron chi connectivity index (χ2n) is 11.8. The molecule has 2 amide bonds. The fraction of sp³-hybridized carbons (Fsp3) is 0.607. The van der Waals surface area contributed by atoms with Crippen molar-refractivity contribution in [2.24, 2.45) is 11.8 Å². The molecule has 2 aliphatic rings. The van der Waals surface area contributed by atoms with Crippen LogP contribution in [0.15, 0.2) is 30.7 Å². The van der Waals surface area contributed by atoms with Gasteiger partial charge >= 0.3 is 6.18 Å². The van der Waals surface area contributed by atoms with Gasteiger partial charge in [0.25, 0.3) is 5.91 Å². The molecule has 0 aromatic carbocycles. The van der Waals surface area contributed by atoms with E-state index in [-0.39, 0.29) is 43.6 Å². The standard InChI is InChI=1S/C28H34F5N7O3/c1-15(2)40-20(7-10-34-40)26(43)38-25(17-5-8-27(29,30)9-6-17)19-14-39-22(36-19)11-18(13-35-39)24(16-3-4-16)37-23(42)12-21(41)28(31,32)33/h7,10-11,13-17,21,24-25,41H,3-6,8-9,12H2,1-2H3,(H,37,42)(H,38,43)/t21-,24?,25+/m1/s1. The van der Waals surface area contributed by atoms with E-state index in [0.29, 0.717) is 22.6 Å². The number of carbonyl (C=O) groups is 2. The van der Waals surface area contributed by atoms with Crippen molar-refractivity contribution in [3.8, 4) is 0 Å². The number of alkyl halides is 5. The molecule has 3 aromatic heterocycles. The van der Waals surface area contributed by atoms with Crippen LogP contribution in [0.2, 0.25) is 0 Å². The minimum Gasteiger partial charge on any atom is -0.383 e. The summed E-state index contributed by atoms with van der Waals surface area (Å²) in [6, 6.07) is 1.82. The van der Waals surface area contributed by atoms with Crippen LogP contribution in [0.25, 0.3) is 5.65 Å². The minimum atomic E-state index is -4.91. The first-order chi connectivity index (χ1) is 20.2. The zero-order chi connectivity index (χ0) is 31.1. The number of hydrogen-bond acceptors (Lipinski definition) is 6. The van der Waals surface area contributed by atoms with Gasteiger partial charge in [0.2, 0.25) is 11.8 Å². The lowest BCUT2D eigenvalue weighted by Crippen LogP contribution is -2.38. The summed E-state index contributed by atoms with van der Waals surface area (Å²) in [5.41, 5.74) is 1.63. The maximum absolute atomic E-state index is 14.0. The zero-order valence-corrected chi connectivity index (χ0v) is 23.7. The monoisotopic (exact) mass is 611 g/mol. The third kappa shape index (κ3) is 7.13. The summed E-state index contributed by atoms with van der Waals surface area (Å²) < 4.78 is 69.3. The number of fused-ring (bicyclic) bond motifs is 1. The molecular weight excluding hydrogens is 577 g/mol. The van der Waals surface area contributed by atoms with Crippen LogP contribution in [-0.4, -0.2) is 59.5 Å². The summed E-state index contributed by atoms with van der Waals surface area (Å²) in [6.45, 7) is 3.76. The van der Waals surface area contributed by atoms with E-state index in [9.17, 15) is 36.6 Å². The smallest absolute Gasteiger partial charge is 0.383 e. The molecule has 43 heavy (non-hydrogen) atoms. The molecule has 3 aromatic rings. The topological polar surface area (TPSA) is 126 Å². The Morgan fingerprint density at radius 2 is 1.74 bits per heavy atom. The van der Waals surface area contributed by atoms with Gasteiger partial charge in [-0.2, -0.15) is 23.4 Å². The Kier molecular flexibility index (Phi) is 8.47. The van der Waals surface area contributed by atoms with Crippen LogP contribution in [0.5, 0.6) is 0 Å². The molecule has 10 nitrogen and oxygen atoms in total. The van der Waals surface area contributed by atoms with E-state index < -0.39 is 48.5 Å². The van der Waals surface area contributed by atoms with Crippen molar-refractivity contribution in [3.05, 3.63) is 47.7 Å². The summed E-state index contributed by atoms with van der Waals surface area (Å²) in [4.78, 5) is 30.4. The highest BCUT2D eigenvalue weighted by atomic mass is 19.4. The number of halogens is 5. The lowest BCUT2D eigenvalue weighted by Gasteiger charge is -2.33. The number of carbonyl (C=O) groups excluding carboxylic acids is 2. The maximum Gasteiger partial charge on any atom is 0.414 e. The van der Waals surface area contributed by atoms with Crippen molar-refractivity contribution in [1.82, 2.24) is 35.0 Å². The molecule has 0 radical (unpaired) electrons. The number of amides is 2. The largest absolute Gasteiger partial charge is 0.414 e. The quantitative estimate of drug-likeness (QED) is 0.286. The van der Waals surface area contributed by atoms with Crippen LogP contribution < -0.4 is 10.6 Å². The summed E-state index contributed by atoms with van der Waals surface area (Å²) in [5, 5.41) is 23.5. The maximum atomic E-state index is 14.0. The van der Waals surface area contributed by atoms with Gasteiger partial charge in [-0.3, -0.25) is 14.3 Å². The normalized spacial score (nSPS) is 19.7. The van der Waals surface area contributed by atoms with E-state index >= 15 is 0 Å². The number of hydrogen-bond donors (Lipinski definition) is 3. The highest BCUT2D eigenvalue weighted by Gasteiger charge is 2.42. The Labute approximate surface area is 244 Å². The van der Waals surface area contributed by atoms with Crippen molar-refractivity contribution in [3.63, 3.8) is 0 Å². The van der Waals surface area contributed by atoms with Crippen LogP contribution in [-0.2, 0) is 4.79 Å². The first-order valence-electron chi connectivity index (χ1n) is 14.3. The van der Waals surface area contributed by atoms with Crippen LogP contribution in [0.4, 0.5) is 22.0 Å². The number of aromatic nitrogens is 5. The molecule has 234 valence electrons. The molecule has 0 bridgehead atoms. The van der Waals surface area contributed by atoms with Gasteiger partial charge < -0.3 is 15.7 Å². The predicted molar refractivity (Wildman–Crippen MR) is 143 cm³/mol. The Bertz CT molecular complexity index is 1460. The Morgan fingerprint density at radius 3 is 2.37 bits per heavy atom. The van der Waals surface area contributed by atoms with Crippen molar-refractivity contribution >= 4 is 17.5 Å². The molecule has 3 N–H and O–H groups in total. The summed E-state index contributed by atoms with van der Waals surface area (Å²) in [5.74, 6) is -4.45. The summed E-state index contributed by atoms with van der Waals surface area (Å²) in [6.07, 6.45) is -2.95. The Hall–Kier alpha value is -3.62. The van der Waals surface area contributed by atoms with Gasteiger partial charge in [0.05, 0.1) is 36.6 Å². The average molecular weight is 612 g/mol. The number of aliphatic hydroxyl groups excluding tert-OH is 1. The van der Waals surface area contributed by atoms with Gasteiger partial charge in [-0.1, -0.05) is 0 Å². The van der Waals surface area contributed by atoms with Gasteiger partial charge in [0.1, 0.15) is 5.69 Å². The van der Waals surface area contributed by atoms with Crippen molar-refractivity contribution in [1.29, 1.82) is 0 Å². The fourth-order valence-electron chi connectivity index (χ4n) is 5.61. The van der Waals surface area contributed by atoms with Gasteiger partial charge in [0, 0.05) is 25.1 Å². The number of rotatable bonds is 10. The van der Waals surface area contributed by atoms with E-state index in [1.807, 2.05) is 13.8 Å².